The van der Waals surface area contributed by atoms with E-state index in [1.54, 1.807) is 24.3 Å². The summed E-state index contributed by atoms with van der Waals surface area (Å²) in [6.45, 7) is 2.22. The van der Waals surface area contributed by atoms with Gasteiger partial charge in [0.25, 0.3) is 17.7 Å². The SMILES string of the molecule is CCNC(=O)c1cccc(NC(=O)COC(=O)[C@@H]2CCCN2C(=O)c2ccco2)c1. The van der Waals surface area contributed by atoms with Crippen molar-refractivity contribution in [3.05, 3.63) is 54.0 Å². The Kier molecular flexibility index (Phi) is 6.84. The Bertz CT molecular complexity index is 925. The first-order valence-electron chi connectivity index (χ1n) is 9.69. The average Bonchev–Trinajstić information content (AvgIpc) is 3.44. The molecule has 3 amide bonds. The number of hydrogen-bond acceptors (Lipinski definition) is 6. The lowest BCUT2D eigenvalue weighted by molar-refractivity contribution is -0.151. The molecule has 0 radical (unpaired) electrons. The number of carbonyl (C=O) groups excluding carboxylic acids is 4. The molecule has 1 atom stereocenters. The second-order valence-corrected chi connectivity index (χ2v) is 6.73. The largest absolute Gasteiger partial charge is 0.459 e. The summed E-state index contributed by atoms with van der Waals surface area (Å²) in [5, 5.41) is 5.27. The fraction of sp³-hybridized carbons (Fsp3) is 0.333. The second kappa shape index (κ2) is 9.73. The summed E-state index contributed by atoms with van der Waals surface area (Å²) in [5.41, 5.74) is 0.819. The molecule has 0 aliphatic carbocycles. The molecule has 0 bridgehead atoms. The summed E-state index contributed by atoms with van der Waals surface area (Å²) in [6, 6.07) is 8.81. The van der Waals surface area contributed by atoms with E-state index in [0.717, 1.165) is 0 Å². The van der Waals surface area contributed by atoms with Crippen molar-refractivity contribution in [1.29, 1.82) is 0 Å². The van der Waals surface area contributed by atoms with Gasteiger partial charge < -0.3 is 24.7 Å². The predicted molar refractivity (Wildman–Crippen MR) is 107 cm³/mol. The minimum Gasteiger partial charge on any atom is -0.459 e. The van der Waals surface area contributed by atoms with Gasteiger partial charge in [0.1, 0.15) is 6.04 Å². The van der Waals surface area contributed by atoms with Crippen LogP contribution in [0.3, 0.4) is 0 Å². The van der Waals surface area contributed by atoms with E-state index in [4.69, 9.17) is 9.15 Å². The number of carbonyl (C=O) groups is 4. The maximum Gasteiger partial charge on any atom is 0.329 e. The first-order chi connectivity index (χ1) is 14.5. The molecular formula is C21H23N3O6. The Labute approximate surface area is 173 Å². The first-order valence-corrected chi connectivity index (χ1v) is 9.69. The van der Waals surface area contributed by atoms with Crippen LogP contribution in [0.15, 0.2) is 47.1 Å². The lowest BCUT2D eigenvalue weighted by atomic mass is 10.2. The molecule has 1 aromatic carbocycles. The fourth-order valence-corrected chi connectivity index (χ4v) is 3.23. The van der Waals surface area contributed by atoms with Gasteiger partial charge in [-0.3, -0.25) is 14.4 Å². The standard InChI is InChI=1S/C21H23N3O6/c1-2-22-19(26)14-6-3-7-15(12-14)23-18(25)13-30-21(28)16-8-4-10-24(16)20(27)17-9-5-11-29-17/h3,5-7,9,11-12,16H,2,4,8,10,13H2,1H3,(H,22,26)(H,23,25)/t16-/m0/s1. The van der Waals surface area contributed by atoms with Crippen LogP contribution in [0.25, 0.3) is 0 Å². The highest BCUT2D eigenvalue weighted by Crippen LogP contribution is 2.21. The molecule has 0 saturated carbocycles. The second-order valence-electron chi connectivity index (χ2n) is 6.73. The molecule has 0 spiro atoms. The molecule has 0 unspecified atom stereocenters. The summed E-state index contributed by atoms with van der Waals surface area (Å²) < 4.78 is 10.2. The van der Waals surface area contributed by atoms with Crippen molar-refractivity contribution in [1.82, 2.24) is 10.2 Å². The van der Waals surface area contributed by atoms with Gasteiger partial charge in [-0.25, -0.2) is 4.79 Å². The van der Waals surface area contributed by atoms with E-state index in [1.165, 1.54) is 23.3 Å². The molecule has 9 nitrogen and oxygen atoms in total. The van der Waals surface area contributed by atoms with Crippen molar-refractivity contribution in [2.45, 2.75) is 25.8 Å². The zero-order valence-electron chi connectivity index (χ0n) is 16.6. The van der Waals surface area contributed by atoms with Crippen LogP contribution in [0.2, 0.25) is 0 Å². The molecule has 30 heavy (non-hydrogen) atoms. The van der Waals surface area contributed by atoms with Gasteiger partial charge in [-0.15, -0.1) is 0 Å². The molecular weight excluding hydrogens is 390 g/mol. The number of hydrogen-bond donors (Lipinski definition) is 2. The lowest BCUT2D eigenvalue weighted by Gasteiger charge is -2.22. The Hall–Kier alpha value is -3.62. The summed E-state index contributed by atoms with van der Waals surface area (Å²) in [7, 11) is 0. The maximum atomic E-state index is 12.4. The molecule has 1 aliphatic heterocycles. The van der Waals surface area contributed by atoms with Gasteiger partial charge in [0.05, 0.1) is 6.26 Å². The van der Waals surface area contributed by atoms with E-state index in [2.05, 4.69) is 10.6 Å². The third-order valence-corrected chi connectivity index (χ3v) is 4.61. The van der Waals surface area contributed by atoms with Crippen LogP contribution in [-0.4, -0.2) is 54.3 Å². The summed E-state index contributed by atoms with van der Waals surface area (Å²) >= 11 is 0. The smallest absolute Gasteiger partial charge is 0.329 e. The van der Waals surface area contributed by atoms with E-state index in [-0.39, 0.29) is 17.6 Å². The number of esters is 1. The zero-order chi connectivity index (χ0) is 21.5. The van der Waals surface area contributed by atoms with Gasteiger partial charge >= 0.3 is 5.97 Å². The van der Waals surface area contributed by atoms with Crippen LogP contribution < -0.4 is 10.6 Å². The van der Waals surface area contributed by atoms with Crippen molar-refractivity contribution in [2.75, 3.05) is 25.0 Å². The van der Waals surface area contributed by atoms with E-state index in [0.29, 0.717) is 37.2 Å². The summed E-state index contributed by atoms with van der Waals surface area (Å²) in [4.78, 5) is 50.3. The number of ether oxygens (including phenoxy) is 1. The summed E-state index contributed by atoms with van der Waals surface area (Å²) in [5.74, 6) is -1.66. The monoisotopic (exact) mass is 413 g/mol. The van der Waals surface area contributed by atoms with E-state index in [1.807, 2.05) is 6.92 Å². The number of benzene rings is 1. The fourth-order valence-electron chi connectivity index (χ4n) is 3.23. The van der Waals surface area contributed by atoms with Crippen LogP contribution >= 0.6 is 0 Å². The normalized spacial score (nSPS) is 15.5. The Morgan fingerprint density at radius 2 is 2.03 bits per heavy atom. The minimum absolute atomic E-state index is 0.152. The molecule has 9 heteroatoms. The third kappa shape index (κ3) is 5.05. The zero-order valence-corrected chi connectivity index (χ0v) is 16.6. The third-order valence-electron chi connectivity index (χ3n) is 4.61. The van der Waals surface area contributed by atoms with Crippen molar-refractivity contribution in [3.63, 3.8) is 0 Å². The average molecular weight is 413 g/mol. The Morgan fingerprint density at radius 1 is 1.20 bits per heavy atom. The molecule has 1 saturated heterocycles. The highest BCUT2D eigenvalue weighted by Gasteiger charge is 2.36. The molecule has 2 N–H and O–H groups in total. The predicted octanol–water partition coefficient (Wildman–Crippen LogP) is 1.82. The van der Waals surface area contributed by atoms with E-state index in [9.17, 15) is 19.2 Å². The molecule has 2 heterocycles. The quantitative estimate of drug-likeness (QED) is 0.669. The van der Waals surface area contributed by atoms with Crippen molar-refractivity contribution in [2.24, 2.45) is 0 Å². The molecule has 1 fully saturated rings. The number of rotatable bonds is 7. The van der Waals surface area contributed by atoms with Gasteiger partial charge in [0.15, 0.2) is 12.4 Å². The van der Waals surface area contributed by atoms with Crippen molar-refractivity contribution in [3.8, 4) is 0 Å². The summed E-state index contributed by atoms with van der Waals surface area (Å²) in [6.07, 6.45) is 2.51. The number of anilines is 1. The molecule has 3 rings (SSSR count). The topological polar surface area (TPSA) is 118 Å². The maximum absolute atomic E-state index is 12.4. The van der Waals surface area contributed by atoms with Crippen LogP contribution in [0.5, 0.6) is 0 Å². The van der Waals surface area contributed by atoms with Crippen LogP contribution in [0, 0.1) is 0 Å². The number of nitrogens with zero attached hydrogens (tertiary/aromatic N) is 1. The van der Waals surface area contributed by atoms with Crippen LogP contribution in [0.1, 0.15) is 40.7 Å². The highest BCUT2D eigenvalue weighted by atomic mass is 16.5. The molecule has 2 aromatic rings. The van der Waals surface area contributed by atoms with E-state index >= 15 is 0 Å². The van der Waals surface area contributed by atoms with Gasteiger partial charge in [-0.2, -0.15) is 0 Å². The van der Waals surface area contributed by atoms with Gasteiger partial charge in [-0.05, 0) is 50.1 Å². The molecule has 1 aromatic heterocycles. The van der Waals surface area contributed by atoms with Crippen LogP contribution in [0.4, 0.5) is 5.69 Å². The molecule has 158 valence electrons. The van der Waals surface area contributed by atoms with Crippen LogP contribution in [-0.2, 0) is 14.3 Å². The lowest BCUT2D eigenvalue weighted by Crippen LogP contribution is -2.42. The van der Waals surface area contributed by atoms with Gasteiger partial charge in [-0.1, -0.05) is 6.07 Å². The number of nitrogens with one attached hydrogen (secondary N) is 2. The van der Waals surface area contributed by atoms with Gasteiger partial charge in [0, 0.05) is 24.3 Å². The first kappa shape index (κ1) is 21.1. The highest BCUT2D eigenvalue weighted by molar-refractivity contribution is 5.98. The molecule has 1 aliphatic rings. The van der Waals surface area contributed by atoms with Crippen molar-refractivity contribution < 1.29 is 28.3 Å². The minimum atomic E-state index is -0.753. The number of likely N-dealkylation sites (tertiary alicyclic amines) is 1. The number of amides is 3. The Morgan fingerprint density at radius 3 is 2.77 bits per heavy atom. The van der Waals surface area contributed by atoms with Crippen molar-refractivity contribution >= 4 is 29.4 Å². The number of furan rings is 1. The Balaban J connectivity index is 1.53. The van der Waals surface area contributed by atoms with E-state index < -0.39 is 24.5 Å². The van der Waals surface area contributed by atoms with Gasteiger partial charge in [0.2, 0.25) is 0 Å².